The van der Waals surface area contributed by atoms with E-state index in [1.807, 2.05) is 25.1 Å². The number of benzene rings is 1. The number of carbonyl (C=O) groups is 2. The highest BCUT2D eigenvalue weighted by Crippen LogP contribution is 2.27. The Hall–Kier alpha value is -2.16. The lowest BCUT2D eigenvalue weighted by atomic mass is 10.0. The van der Waals surface area contributed by atoms with Gasteiger partial charge in [-0.25, -0.2) is 4.98 Å². The lowest BCUT2D eigenvalue weighted by Crippen LogP contribution is -2.52. The fraction of sp³-hybridized carbons (Fsp3) is 0.450. The maximum Gasteiger partial charge on any atom is 0.274 e. The molecule has 156 valence electrons. The maximum absolute atomic E-state index is 13.0. The molecule has 0 spiro atoms. The smallest absolute Gasteiger partial charge is 0.274 e. The van der Waals surface area contributed by atoms with Crippen LogP contribution in [0.5, 0.6) is 0 Å². The average Bonchev–Trinajstić information content (AvgIpc) is 3.19. The zero-order valence-electron chi connectivity index (χ0n) is 16.5. The highest BCUT2D eigenvalue weighted by atomic mass is 35.5. The SMILES string of the molecule is COCCNC(=O)C1CCCCN1C(=O)c1csc(Nc2cc(Cl)ccc2C)n1. The van der Waals surface area contributed by atoms with Crippen molar-refractivity contribution in [2.24, 2.45) is 0 Å². The Morgan fingerprint density at radius 2 is 2.21 bits per heavy atom. The molecule has 1 aliphatic heterocycles. The summed E-state index contributed by atoms with van der Waals surface area (Å²) in [5.74, 6) is -0.359. The number of anilines is 2. The van der Waals surface area contributed by atoms with Crippen LogP contribution in [0.1, 0.15) is 35.3 Å². The number of nitrogens with one attached hydrogen (secondary N) is 2. The van der Waals surface area contributed by atoms with Crippen LogP contribution in [0.15, 0.2) is 23.6 Å². The van der Waals surface area contributed by atoms with Crippen molar-refractivity contribution in [2.45, 2.75) is 32.2 Å². The van der Waals surface area contributed by atoms with Crippen molar-refractivity contribution >= 4 is 45.6 Å². The lowest BCUT2D eigenvalue weighted by molar-refractivity contribution is -0.126. The minimum Gasteiger partial charge on any atom is -0.383 e. The molecule has 1 aromatic heterocycles. The van der Waals surface area contributed by atoms with E-state index in [0.717, 1.165) is 24.1 Å². The Balaban J connectivity index is 1.70. The van der Waals surface area contributed by atoms with Gasteiger partial charge in [0.25, 0.3) is 5.91 Å². The van der Waals surface area contributed by atoms with Crippen LogP contribution < -0.4 is 10.6 Å². The van der Waals surface area contributed by atoms with E-state index < -0.39 is 6.04 Å². The molecule has 1 atom stereocenters. The average molecular weight is 437 g/mol. The van der Waals surface area contributed by atoms with Crippen LogP contribution in [0.4, 0.5) is 10.8 Å². The molecule has 1 aliphatic rings. The fourth-order valence-electron chi connectivity index (χ4n) is 3.26. The van der Waals surface area contributed by atoms with Gasteiger partial charge >= 0.3 is 0 Å². The molecular formula is C20H25ClN4O3S. The molecule has 3 rings (SSSR count). The number of amides is 2. The van der Waals surface area contributed by atoms with Gasteiger partial charge in [-0.1, -0.05) is 17.7 Å². The number of rotatable bonds is 7. The molecular weight excluding hydrogens is 412 g/mol. The monoisotopic (exact) mass is 436 g/mol. The highest BCUT2D eigenvalue weighted by molar-refractivity contribution is 7.14. The van der Waals surface area contributed by atoms with E-state index in [1.54, 1.807) is 17.4 Å². The van der Waals surface area contributed by atoms with Crippen molar-refractivity contribution in [3.8, 4) is 0 Å². The van der Waals surface area contributed by atoms with Gasteiger partial charge in [-0.05, 0) is 43.9 Å². The molecule has 0 radical (unpaired) electrons. The van der Waals surface area contributed by atoms with Crippen LogP contribution in [-0.2, 0) is 9.53 Å². The minimum atomic E-state index is -0.471. The van der Waals surface area contributed by atoms with Crippen molar-refractivity contribution in [2.75, 3.05) is 32.1 Å². The van der Waals surface area contributed by atoms with E-state index in [2.05, 4.69) is 15.6 Å². The van der Waals surface area contributed by atoms with Crippen molar-refractivity contribution in [3.05, 3.63) is 39.9 Å². The summed E-state index contributed by atoms with van der Waals surface area (Å²) in [5.41, 5.74) is 2.22. The largest absolute Gasteiger partial charge is 0.383 e. The van der Waals surface area contributed by atoms with Crippen LogP contribution in [0, 0.1) is 6.92 Å². The summed E-state index contributed by atoms with van der Waals surface area (Å²) in [7, 11) is 1.58. The van der Waals surface area contributed by atoms with Crippen molar-refractivity contribution in [1.29, 1.82) is 0 Å². The van der Waals surface area contributed by atoms with E-state index >= 15 is 0 Å². The first-order valence-electron chi connectivity index (χ1n) is 9.56. The number of piperidine rings is 1. The van der Waals surface area contributed by atoms with Gasteiger partial charge in [-0.2, -0.15) is 0 Å². The summed E-state index contributed by atoms with van der Waals surface area (Å²) in [4.78, 5) is 31.7. The number of aromatic nitrogens is 1. The first-order valence-corrected chi connectivity index (χ1v) is 10.8. The number of nitrogens with zero attached hydrogens (tertiary/aromatic N) is 2. The molecule has 1 aromatic carbocycles. The van der Waals surface area contributed by atoms with E-state index in [0.29, 0.717) is 42.0 Å². The lowest BCUT2D eigenvalue weighted by Gasteiger charge is -2.34. The molecule has 2 aromatic rings. The van der Waals surface area contributed by atoms with Gasteiger partial charge in [-0.3, -0.25) is 9.59 Å². The number of ether oxygens (including phenoxy) is 1. The van der Waals surface area contributed by atoms with E-state index in [1.165, 1.54) is 11.3 Å². The molecule has 9 heteroatoms. The van der Waals surface area contributed by atoms with Crippen molar-refractivity contribution < 1.29 is 14.3 Å². The summed E-state index contributed by atoms with van der Waals surface area (Å²) in [6.45, 7) is 3.39. The summed E-state index contributed by atoms with van der Waals surface area (Å²) in [6, 6.07) is 5.10. The van der Waals surface area contributed by atoms with Gasteiger partial charge in [0.05, 0.1) is 6.61 Å². The summed E-state index contributed by atoms with van der Waals surface area (Å²) >= 11 is 7.42. The molecule has 1 saturated heterocycles. The summed E-state index contributed by atoms with van der Waals surface area (Å²) in [6.07, 6.45) is 2.45. The third-order valence-electron chi connectivity index (χ3n) is 4.84. The number of methoxy groups -OCH3 is 1. The van der Waals surface area contributed by atoms with Crippen LogP contribution >= 0.6 is 22.9 Å². The molecule has 0 aliphatic carbocycles. The van der Waals surface area contributed by atoms with Gasteiger partial charge in [-0.15, -0.1) is 11.3 Å². The second kappa shape index (κ2) is 10.0. The first kappa shape index (κ1) is 21.5. The van der Waals surface area contributed by atoms with Crippen LogP contribution in [-0.4, -0.2) is 54.5 Å². The fourth-order valence-corrected chi connectivity index (χ4v) is 4.13. The van der Waals surface area contributed by atoms with E-state index in [4.69, 9.17) is 16.3 Å². The number of aryl methyl sites for hydroxylation is 1. The second-order valence-electron chi connectivity index (χ2n) is 6.92. The standard InChI is InChI=1S/C20H25ClN4O3S/c1-13-6-7-14(21)11-15(13)23-20-24-16(12-29-20)19(27)25-9-4-3-5-17(25)18(26)22-8-10-28-2/h6-7,11-12,17H,3-5,8-10H2,1-2H3,(H,22,26)(H,23,24). The molecule has 7 nitrogen and oxygen atoms in total. The third-order valence-corrected chi connectivity index (χ3v) is 5.83. The van der Waals surface area contributed by atoms with Gasteiger partial charge in [0.2, 0.25) is 5.91 Å². The quantitative estimate of drug-likeness (QED) is 0.648. The molecule has 2 heterocycles. The second-order valence-corrected chi connectivity index (χ2v) is 8.21. The zero-order chi connectivity index (χ0) is 20.8. The predicted octanol–water partition coefficient (Wildman–Crippen LogP) is 3.61. The predicted molar refractivity (Wildman–Crippen MR) is 115 cm³/mol. The molecule has 2 amide bonds. The Kier molecular flexibility index (Phi) is 7.46. The Bertz CT molecular complexity index is 873. The topological polar surface area (TPSA) is 83.6 Å². The van der Waals surface area contributed by atoms with Crippen molar-refractivity contribution in [1.82, 2.24) is 15.2 Å². The van der Waals surface area contributed by atoms with Gasteiger partial charge in [0, 0.05) is 36.3 Å². The summed E-state index contributed by atoms with van der Waals surface area (Å²) < 4.78 is 4.97. The number of thiazole rings is 1. The molecule has 29 heavy (non-hydrogen) atoms. The normalized spacial score (nSPS) is 16.5. The van der Waals surface area contributed by atoms with Crippen LogP contribution in [0.25, 0.3) is 0 Å². The number of hydrogen-bond donors (Lipinski definition) is 2. The Labute approximate surface area is 179 Å². The number of likely N-dealkylation sites (tertiary alicyclic amines) is 1. The Morgan fingerprint density at radius 1 is 1.38 bits per heavy atom. The molecule has 0 bridgehead atoms. The van der Waals surface area contributed by atoms with Crippen LogP contribution in [0.3, 0.4) is 0 Å². The Morgan fingerprint density at radius 3 is 3.00 bits per heavy atom. The number of halogens is 1. The minimum absolute atomic E-state index is 0.141. The zero-order valence-corrected chi connectivity index (χ0v) is 18.1. The maximum atomic E-state index is 13.0. The molecule has 0 saturated carbocycles. The molecule has 1 fully saturated rings. The van der Waals surface area contributed by atoms with E-state index in [-0.39, 0.29) is 11.8 Å². The van der Waals surface area contributed by atoms with Gasteiger partial charge < -0.3 is 20.3 Å². The summed E-state index contributed by atoms with van der Waals surface area (Å²) in [5, 5.41) is 9.01. The van der Waals surface area contributed by atoms with Crippen molar-refractivity contribution in [3.63, 3.8) is 0 Å². The third kappa shape index (κ3) is 5.46. The van der Waals surface area contributed by atoms with Gasteiger partial charge in [0.1, 0.15) is 11.7 Å². The highest BCUT2D eigenvalue weighted by Gasteiger charge is 2.33. The number of carbonyl (C=O) groups excluding carboxylic acids is 2. The molecule has 2 N–H and O–H groups in total. The van der Waals surface area contributed by atoms with Crippen LogP contribution in [0.2, 0.25) is 5.02 Å². The van der Waals surface area contributed by atoms with E-state index in [9.17, 15) is 9.59 Å². The van der Waals surface area contributed by atoms with Gasteiger partial charge in [0.15, 0.2) is 5.13 Å². The molecule has 1 unspecified atom stereocenters. The number of hydrogen-bond acceptors (Lipinski definition) is 6. The first-order chi connectivity index (χ1) is 14.0.